The number of nitrogens with one attached hydrogen (secondary N) is 2. The van der Waals surface area contributed by atoms with Gasteiger partial charge in [-0.05, 0) is 64.1 Å². The molecule has 33 heavy (non-hydrogen) atoms. The van der Waals surface area contributed by atoms with E-state index in [9.17, 15) is 0 Å². The van der Waals surface area contributed by atoms with Gasteiger partial charge >= 0.3 is 0 Å². The zero-order valence-electron chi connectivity index (χ0n) is 19.4. The first-order valence-corrected chi connectivity index (χ1v) is 11.3. The Balaban J connectivity index is 1.27. The lowest BCUT2D eigenvalue weighted by molar-refractivity contribution is 0.506. The largest absolute Gasteiger partial charge is 0.363 e. The van der Waals surface area contributed by atoms with Gasteiger partial charge in [-0.3, -0.25) is 9.98 Å². The first-order chi connectivity index (χ1) is 15.8. The standard InChI is InChI=1S/C25H28N8/c1-24(2)11-26-22(30-24)16-5-7-20-18(9-16)28-13-32(20)15-33-14-29-19-10-17(6-8-21(19)33)23-27-12-25(3,4)31-23/h5-10,13-14H,11-12,15H2,1-4H3,(H,26,30)(H,27,31). The molecule has 2 aromatic heterocycles. The third-order valence-corrected chi connectivity index (χ3v) is 6.27. The van der Waals surface area contributed by atoms with Crippen LogP contribution < -0.4 is 10.6 Å². The van der Waals surface area contributed by atoms with Gasteiger partial charge in [-0.15, -0.1) is 0 Å². The van der Waals surface area contributed by atoms with Crippen LogP contribution in [0.4, 0.5) is 0 Å². The Morgan fingerprint density at radius 1 is 0.727 bits per heavy atom. The molecule has 0 spiro atoms. The van der Waals surface area contributed by atoms with Crippen LogP contribution in [-0.4, -0.2) is 54.9 Å². The maximum Gasteiger partial charge on any atom is 0.128 e. The Bertz CT molecular complexity index is 1340. The molecule has 0 saturated carbocycles. The SMILES string of the molecule is CC1(C)CN=C(c2ccc3c(c2)ncn3Cn2cnc3cc(C4=NCC(C)(C)N4)ccc32)N1. The molecule has 0 atom stereocenters. The zero-order chi connectivity index (χ0) is 22.8. The molecule has 4 heterocycles. The van der Waals surface area contributed by atoms with Crippen LogP contribution in [0.3, 0.4) is 0 Å². The molecular weight excluding hydrogens is 412 g/mol. The van der Waals surface area contributed by atoms with Gasteiger partial charge in [-0.2, -0.15) is 0 Å². The van der Waals surface area contributed by atoms with Crippen molar-refractivity contribution in [1.29, 1.82) is 0 Å². The second-order valence-electron chi connectivity index (χ2n) is 10.3. The summed E-state index contributed by atoms with van der Waals surface area (Å²) in [6.45, 7) is 10.9. The second-order valence-corrected chi connectivity index (χ2v) is 10.3. The summed E-state index contributed by atoms with van der Waals surface area (Å²) in [5.74, 6) is 1.88. The summed E-state index contributed by atoms with van der Waals surface area (Å²) in [5, 5.41) is 6.99. The van der Waals surface area contributed by atoms with Gasteiger partial charge in [-0.25, -0.2) is 9.97 Å². The lowest BCUT2D eigenvalue weighted by atomic mass is 10.1. The predicted molar refractivity (Wildman–Crippen MR) is 132 cm³/mol. The number of fused-ring (bicyclic) bond motifs is 2. The minimum absolute atomic E-state index is 0.00261. The van der Waals surface area contributed by atoms with Gasteiger partial charge in [0.1, 0.15) is 18.3 Å². The second kappa shape index (κ2) is 6.91. The Hall–Kier alpha value is -3.68. The average molecular weight is 441 g/mol. The summed E-state index contributed by atoms with van der Waals surface area (Å²) < 4.78 is 4.29. The van der Waals surface area contributed by atoms with Gasteiger partial charge < -0.3 is 19.8 Å². The highest BCUT2D eigenvalue weighted by atomic mass is 15.2. The van der Waals surface area contributed by atoms with Gasteiger partial charge in [-0.1, -0.05) is 0 Å². The van der Waals surface area contributed by atoms with Gasteiger partial charge in [0.05, 0.1) is 58.9 Å². The number of benzene rings is 2. The maximum absolute atomic E-state index is 4.66. The van der Waals surface area contributed by atoms with E-state index in [-0.39, 0.29) is 11.1 Å². The highest BCUT2D eigenvalue weighted by Crippen LogP contribution is 2.22. The van der Waals surface area contributed by atoms with Gasteiger partial charge in [0.2, 0.25) is 0 Å². The third-order valence-electron chi connectivity index (χ3n) is 6.27. The zero-order valence-corrected chi connectivity index (χ0v) is 19.4. The number of hydrogen-bond acceptors (Lipinski definition) is 6. The predicted octanol–water partition coefficient (Wildman–Crippen LogP) is 3.15. The smallest absolute Gasteiger partial charge is 0.128 e. The van der Waals surface area contributed by atoms with E-state index in [2.05, 4.69) is 104 Å². The Morgan fingerprint density at radius 3 is 1.58 bits per heavy atom. The molecule has 2 N–H and O–H groups in total. The highest BCUT2D eigenvalue weighted by Gasteiger charge is 2.26. The molecule has 8 heteroatoms. The Labute approximate surface area is 192 Å². The summed E-state index contributed by atoms with van der Waals surface area (Å²) in [6, 6.07) is 12.7. The third kappa shape index (κ3) is 3.55. The summed E-state index contributed by atoms with van der Waals surface area (Å²) in [6.07, 6.45) is 3.78. The van der Waals surface area contributed by atoms with Crippen molar-refractivity contribution in [3.05, 3.63) is 60.2 Å². The van der Waals surface area contributed by atoms with Crippen molar-refractivity contribution in [3.8, 4) is 0 Å². The topological polar surface area (TPSA) is 84.4 Å². The van der Waals surface area contributed by atoms with Crippen LogP contribution in [0.15, 0.2) is 59.0 Å². The van der Waals surface area contributed by atoms with E-state index < -0.39 is 0 Å². The van der Waals surface area contributed by atoms with E-state index in [1.54, 1.807) is 0 Å². The van der Waals surface area contributed by atoms with Crippen molar-refractivity contribution in [1.82, 2.24) is 29.7 Å². The molecule has 0 bridgehead atoms. The van der Waals surface area contributed by atoms with E-state index in [4.69, 9.17) is 0 Å². The number of imidazole rings is 2. The molecule has 0 saturated heterocycles. The lowest BCUT2D eigenvalue weighted by Gasteiger charge is -2.18. The van der Waals surface area contributed by atoms with Crippen LogP contribution in [0.1, 0.15) is 38.8 Å². The number of aromatic nitrogens is 4. The van der Waals surface area contributed by atoms with Crippen molar-refractivity contribution in [2.24, 2.45) is 9.98 Å². The molecule has 168 valence electrons. The molecule has 0 amide bonds. The van der Waals surface area contributed by atoms with Gasteiger partial charge in [0.15, 0.2) is 0 Å². The fraction of sp³-hybridized carbons (Fsp3) is 0.360. The monoisotopic (exact) mass is 440 g/mol. The highest BCUT2D eigenvalue weighted by molar-refractivity contribution is 6.03. The van der Waals surface area contributed by atoms with Gasteiger partial charge in [0, 0.05) is 11.1 Å². The molecule has 6 rings (SSSR count). The van der Waals surface area contributed by atoms with Crippen LogP contribution in [0.2, 0.25) is 0 Å². The summed E-state index contributed by atoms with van der Waals surface area (Å²) >= 11 is 0. The molecule has 0 aliphatic carbocycles. The minimum Gasteiger partial charge on any atom is -0.363 e. The molecule has 2 aliphatic heterocycles. The first-order valence-electron chi connectivity index (χ1n) is 11.3. The Morgan fingerprint density at radius 2 is 1.18 bits per heavy atom. The van der Waals surface area contributed by atoms with E-state index in [0.717, 1.165) is 58.0 Å². The van der Waals surface area contributed by atoms with Crippen molar-refractivity contribution in [2.45, 2.75) is 45.4 Å². The quantitative estimate of drug-likeness (QED) is 0.511. The fourth-order valence-corrected chi connectivity index (χ4v) is 4.49. The van der Waals surface area contributed by atoms with E-state index in [1.807, 2.05) is 12.7 Å². The number of rotatable bonds is 4. The summed E-state index contributed by atoms with van der Waals surface area (Å²) in [7, 11) is 0. The van der Waals surface area contributed by atoms with Crippen molar-refractivity contribution in [3.63, 3.8) is 0 Å². The number of amidine groups is 2. The van der Waals surface area contributed by atoms with Crippen LogP contribution in [0, 0.1) is 0 Å². The van der Waals surface area contributed by atoms with Crippen molar-refractivity contribution >= 4 is 33.7 Å². The lowest BCUT2D eigenvalue weighted by Crippen LogP contribution is -2.39. The van der Waals surface area contributed by atoms with Crippen LogP contribution in [0.25, 0.3) is 22.1 Å². The van der Waals surface area contributed by atoms with Crippen molar-refractivity contribution in [2.75, 3.05) is 13.1 Å². The first kappa shape index (κ1) is 20.0. The Kier molecular flexibility index (Phi) is 4.18. The molecule has 2 aromatic carbocycles. The molecular formula is C25H28N8. The molecule has 0 fully saturated rings. The average Bonchev–Trinajstić information content (AvgIpc) is 3.54. The molecule has 8 nitrogen and oxygen atoms in total. The fourth-order valence-electron chi connectivity index (χ4n) is 4.49. The molecule has 0 unspecified atom stereocenters. The number of nitrogens with zero attached hydrogens (tertiary/aromatic N) is 6. The van der Waals surface area contributed by atoms with E-state index in [1.165, 1.54) is 0 Å². The minimum atomic E-state index is 0.00261. The van der Waals surface area contributed by atoms with E-state index >= 15 is 0 Å². The number of hydrogen-bond donors (Lipinski definition) is 2. The van der Waals surface area contributed by atoms with Crippen LogP contribution in [-0.2, 0) is 6.67 Å². The number of aliphatic imine (C=N–C) groups is 2. The molecule has 2 aliphatic rings. The molecule has 4 aromatic rings. The summed E-state index contributed by atoms with van der Waals surface area (Å²) in [5.41, 5.74) is 6.24. The maximum atomic E-state index is 4.66. The van der Waals surface area contributed by atoms with E-state index in [0.29, 0.717) is 6.67 Å². The van der Waals surface area contributed by atoms with Crippen molar-refractivity contribution < 1.29 is 0 Å². The van der Waals surface area contributed by atoms with Crippen LogP contribution >= 0.6 is 0 Å². The molecule has 0 radical (unpaired) electrons. The summed E-state index contributed by atoms with van der Waals surface area (Å²) in [4.78, 5) is 18.6. The van der Waals surface area contributed by atoms with Crippen LogP contribution in [0.5, 0.6) is 0 Å². The normalized spacial score (nSPS) is 18.9. The van der Waals surface area contributed by atoms with Gasteiger partial charge in [0.25, 0.3) is 0 Å².